The molecule has 3 aromatic heterocycles. The second-order valence-electron chi connectivity index (χ2n) is 8.87. The average Bonchev–Trinajstić information content (AvgIpc) is 3.10. The molecule has 2 atom stereocenters. The van der Waals surface area contributed by atoms with Gasteiger partial charge in [-0.15, -0.1) is 12.4 Å². The molecule has 8 nitrogen and oxygen atoms in total. The zero-order valence-electron chi connectivity index (χ0n) is 17.4. The van der Waals surface area contributed by atoms with Gasteiger partial charge in [-0.05, 0) is 43.9 Å². The van der Waals surface area contributed by atoms with Crippen LogP contribution in [0, 0.1) is 23.2 Å². The molecule has 9 heteroatoms. The van der Waals surface area contributed by atoms with Crippen LogP contribution in [0.3, 0.4) is 0 Å². The van der Waals surface area contributed by atoms with Crippen molar-refractivity contribution in [1.82, 2.24) is 14.6 Å². The third-order valence-corrected chi connectivity index (χ3v) is 5.94. The summed E-state index contributed by atoms with van der Waals surface area (Å²) < 4.78 is 7.42. The Morgan fingerprint density at radius 3 is 2.65 bits per heavy atom. The molecule has 0 radical (unpaired) electrons. The Labute approximate surface area is 186 Å². The van der Waals surface area contributed by atoms with Gasteiger partial charge < -0.3 is 20.5 Å². The van der Waals surface area contributed by atoms with E-state index < -0.39 is 5.60 Å². The third-order valence-electron chi connectivity index (χ3n) is 5.94. The van der Waals surface area contributed by atoms with Gasteiger partial charge >= 0.3 is 0 Å². The Bertz CT molecular complexity index is 1140. The summed E-state index contributed by atoms with van der Waals surface area (Å²) in [4.78, 5) is 6.95. The predicted octanol–water partition coefficient (Wildman–Crippen LogP) is 2.23. The van der Waals surface area contributed by atoms with Crippen molar-refractivity contribution in [3.8, 4) is 22.9 Å². The number of nitrogens with zero attached hydrogens (tertiary/aromatic N) is 5. The van der Waals surface area contributed by atoms with Crippen molar-refractivity contribution in [2.24, 2.45) is 17.6 Å². The molecule has 162 valence electrons. The molecule has 3 aromatic rings. The normalized spacial score (nSPS) is 22.0. The Kier molecular flexibility index (Phi) is 5.30. The van der Waals surface area contributed by atoms with Gasteiger partial charge in [0.2, 0.25) is 0 Å². The fraction of sp³-hybridized carbons (Fsp3) is 0.409. The lowest BCUT2D eigenvalue weighted by Gasteiger charge is -2.20. The lowest BCUT2D eigenvalue weighted by atomic mass is 10.1. The van der Waals surface area contributed by atoms with Crippen LogP contribution in [-0.4, -0.2) is 51.0 Å². The number of pyridine rings is 2. The number of hydrogen-bond donors (Lipinski definition) is 2. The molecule has 0 spiro atoms. The highest BCUT2D eigenvalue weighted by atomic mass is 35.5. The van der Waals surface area contributed by atoms with Gasteiger partial charge in [0.05, 0.1) is 29.1 Å². The first kappa shape index (κ1) is 21.4. The van der Waals surface area contributed by atoms with Gasteiger partial charge in [0.1, 0.15) is 24.2 Å². The Balaban J connectivity index is 0.00000231. The number of nitrogens with two attached hydrogens (primary N) is 1. The average molecular weight is 441 g/mol. The molecule has 2 unspecified atom stereocenters. The number of halogens is 1. The number of anilines is 1. The van der Waals surface area contributed by atoms with Gasteiger partial charge in [-0.25, -0.2) is 9.50 Å². The van der Waals surface area contributed by atoms with Gasteiger partial charge in [0.15, 0.2) is 0 Å². The van der Waals surface area contributed by atoms with Crippen LogP contribution in [0.2, 0.25) is 0 Å². The summed E-state index contributed by atoms with van der Waals surface area (Å²) in [6.45, 7) is 5.44. The summed E-state index contributed by atoms with van der Waals surface area (Å²) >= 11 is 0. The molecule has 31 heavy (non-hydrogen) atoms. The summed E-state index contributed by atoms with van der Waals surface area (Å²) in [6, 6.07) is 8.44. The number of hydrogen-bond acceptors (Lipinski definition) is 7. The summed E-state index contributed by atoms with van der Waals surface area (Å²) in [7, 11) is 0. The van der Waals surface area contributed by atoms with Crippen molar-refractivity contribution in [2.45, 2.75) is 25.5 Å². The number of fused-ring (bicyclic) bond motifs is 2. The van der Waals surface area contributed by atoms with E-state index in [9.17, 15) is 10.4 Å². The SMILES string of the molecule is CC(C)(O)COc1cc(-c2ccc(N3CC4C(N)C4C3)nc2)c2c(C#N)cnn2c1.Cl. The summed E-state index contributed by atoms with van der Waals surface area (Å²) in [5.74, 6) is 2.70. The van der Waals surface area contributed by atoms with Crippen molar-refractivity contribution >= 4 is 23.7 Å². The first-order chi connectivity index (χ1) is 14.3. The molecule has 0 aromatic carbocycles. The quantitative estimate of drug-likeness (QED) is 0.625. The van der Waals surface area contributed by atoms with Crippen molar-refractivity contribution < 1.29 is 9.84 Å². The highest BCUT2D eigenvalue weighted by Crippen LogP contribution is 2.45. The van der Waals surface area contributed by atoms with E-state index >= 15 is 0 Å². The van der Waals surface area contributed by atoms with E-state index in [1.807, 2.05) is 24.4 Å². The summed E-state index contributed by atoms with van der Waals surface area (Å²) in [6.07, 6.45) is 5.08. The van der Waals surface area contributed by atoms with E-state index in [2.05, 4.69) is 21.1 Å². The van der Waals surface area contributed by atoms with Crippen molar-refractivity contribution in [3.05, 3.63) is 42.4 Å². The van der Waals surface area contributed by atoms with E-state index in [-0.39, 0.29) is 19.0 Å². The number of ether oxygens (including phenoxy) is 1. The van der Waals surface area contributed by atoms with Crippen LogP contribution in [0.15, 0.2) is 36.8 Å². The van der Waals surface area contributed by atoms with Crippen LogP contribution in [0.4, 0.5) is 5.82 Å². The number of nitriles is 1. The first-order valence-electron chi connectivity index (χ1n) is 10.1. The molecule has 2 aliphatic rings. The van der Waals surface area contributed by atoms with Crippen molar-refractivity contribution in [3.63, 3.8) is 0 Å². The monoisotopic (exact) mass is 440 g/mol. The maximum atomic E-state index is 9.98. The minimum absolute atomic E-state index is 0. The van der Waals surface area contributed by atoms with Crippen LogP contribution in [-0.2, 0) is 0 Å². The molecular weight excluding hydrogens is 416 g/mol. The smallest absolute Gasteiger partial charge is 0.138 e. The van der Waals surface area contributed by atoms with Crippen LogP contribution in [0.1, 0.15) is 19.4 Å². The number of aliphatic hydroxyl groups is 1. The second kappa shape index (κ2) is 7.68. The first-order valence-corrected chi connectivity index (χ1v) is 10.1. The molecule has 3 N–H and O–H groups in total. The van der Waals surface area contributed by atoms with Crippen LogP contribution in [0.25, 0.3) is 16.6 Å². The van der Waals surface area contributed by atoms with Gasteiger partial charge in [-0.2, -0.15) is 10.4 Å². The van der Waals surface area contributed by atoms with E-state index in [1.165, 1.54) is 0 Å². The molecule has 1 saturated carbocycles. The maximum absolute atomic E-state index is 9.98. The van der Waals surface area contributed by atoms with Crippen LogP contribution < -0.4 is 15.4 Å². The van der Waals surface area contributed by atoms with E-state index in [4.69, 9.17) is 10.5 Å². The highest BCUT2D eigenvalue weighted by Gasteiger charge is 2.53. The van der Waals surface area contributed by atoms with E-state index in [0.717, 1.165) is 30.0 Å². The Hall–Kier alpha value is -2.86. The van der Waals surface area contributed by atoms with Crippen LogP contribution >= 0.6 is 12.4 Å². The molecule has 1 aliphatic heterocycles. The molecule has 0 amide bonds. The zero-order chi connectivity index (χ0) is 21.0. The summed E-state index contributed by atoms with van der Waals surface area (Å²) in [5.41, 5.74) is 7.95. The van der Waals surface area contributed by atoms with E-state index in [0.29, 0.717) is 34.7 Å². The second-order valence-corrected chi connectivity index (χ2v) is 8.87. The molecular formula is C22H25ClN6O2. The number of piperidine rings is 1. The minimum atomic E-state index is -0.959. The summed E-state index contributed by atoms with van der Waals surface area (Å²) in [5, 5.41) is 23.8. The number of aromatic nitrogens is 3. The lowest BCUT2D eigenvalue weighted by molar-refractivity contribution is 0.0283. The molecule has 2 fully saturated rings. The predicted molar refractivity (Wildman–Crippen MR) is 119 cm³/mol. The number of rotatable bonds is 5. The largest absolute Gasteiger partial charge is 0.489 e. The van der Waals surface area contributed by atoms with Crippen molar-refractivity contribution in [2.75, 3.05) is 24.6 Å². The fourth-order valence-electron chi connectivity index (χ4n) is 4.23. The molecule has 4 heterocycles. The molecule has 1 aliphatic carbocycles. The zero-order valence-corrected chi connectivity index (χ0v) is 18.2. The van der Waals surface area contributed by atoms with Crippen molar-refractivity contribution in [1.29, 1.82) is 5.26 Å². The third kappa shape index (κ3) is 3.92. The standard InChI is InChI=1S/C22H24N6O2.ClH/c1-22(2,29)12-30-15-5-16(21-14(6-23)8-26-28(21)9-15)13-3-4-19(25-7-13)27-10-17-18(11-27)20(17)24;/h3-5,7-9,17-18,20,29H,10-12,24H2,1-2H3;1H. The Morgan fingerprint density at radius 2 is 2.03 bits per heavy atom. The van der Waals surface area contributed by atoms with E-state index in [1.54, 1.807) is 30.8 Å². The minimum Gasteiger partial charge on any atom is -0.489 e. The molecule has 5 rings (SSSR count). The van der Waals surface area contributed by atoms with Gasteiger partial charge in [0, 0.05) is 36.5 Å². The fourth-order valence-corrected chi connectivity index (χ4v) is 4.23. The lowest BCUT2D eigenvalue weighted by Crippen LogP contribution is -2.28. The van der Waals surface area contributed by atoms with Gasteiger partial charge in [-0.1, -0.05) is 0 Å². The van der Waals surface area contributed by atoms with Gasteiger partial charge in [0.25, 0.3) is 0 Å². The van der Waals surface area contributed by atoms with Gasteiger partial charge in [-0.3, -0.25) is 0 Å². The topological polar surface area (TPSA) is 113 Å². The van der Waals surface area contributed by atoms with Crippen LogP contribution in [0.5, 0.6) is 5.75 Å². The maximum Gasteiger partial charge on any atom is 0.138 e. The molecule has 0 bridgehead atoms. The highest BCUT2D eigenvalue weighted by molar-refractivity contribution is 5.85. The molecule has 1 saturated heterocycles. The Morgan fingerprint density at radius 1 is 1.29 bits per heavy atom.